The van der Waals surface area contributed by atoms with Gasteiger partial charge in [-0.1, -0.05) is 128 Å². The zero-order chi connectivity index (χ0) is 31.8. The van der Waals surface area contributed by atoms with E-state index in [0.717, 1.165) is 13.8 Å². The third-order valence-corrected chi connectivity index (χ3v) is 9.63. The molecule has 0 aliphatic heterocycles. The summed E-state index contributed by atoms with van der Waals surface area (Å²) in [6.45, 7) is 1.39. The lowest BCUT2D eigenvalue weighted by atomic mass is 10.2. The van der Waals surface area contributed by atoms with Crippen LogP contribution in [0.2, 0.25) is 0 Å². The van der Waals surface area contributed by atoms with E-state index in [9.17, 15) is 22.4 Å². The summed E-state index contributed by atoms with van der Waals surface area (Å²) in [6, 6.07) is 40.2. The van der Waals surface area contributed by atoms with Crippen molar-refractivity contribution in [1.82, 2.24) is 0 Å². The summed E-state index contributed by atoms with van der Waals surface area (Å²) in [5, 5.41) is 3.95. The molecule has 4 aromatic rings. The van der Waals surface area contributed by atoms with E-state index in [1.54, 1.807) is 43.3 Å². The Labute approximate surface area is 253 Å². The van der Waals surface area contributed by atoms with Crippen LogP contribution in [-0.4, -0.2) is 30.7 Å². The smallest absolute Gasteiger partial charge is 0.338 e. The van der Waals surface area contributed by atoms with E-state index >= 15 is 0 Å². The Balaban J connectivity index is 0.000000248. The highest BCUT2D eigenvalue weighted by Crippen LogP contribution is 2.41. The van der Waals surface area contributed by atoms with E-state index in [1.807, 2.05) is 0 Å². The number of halogens is 4. The molecule has 4 rings (SSSR count). The summed E-state index contributed by atoms with van der Waals surface area (Å²) >= 11 is 0. The van der Waals surface area contributed by atoms with Crippen LogP contribution in [0.3, 0.4) is 0 Å². The van der Waals surface area contributed by atoms with Crippen LogP contribution in [0.4, 0.5) is 17.6 Å². The zero-order valence-electron chi connectivity index (χ0n) is 24.8. The van der Waals surface area contributed by atoms with Gasteiger partial charge in [-0.2, -0.15) is 0 Å². The fourth-order valence-electron chi connectivity index (χ4n) is 3.80. The maximum atomic E-state index is 12.4. The van der Waals surface area contributed by atoms with Gasteiger partial charge in [0.1, 0.15) is 0 Å². The molecule has 228 valence electrons. The summed E-state index contributed by atoms with van der Waals surface area (Å²) in [5.41, 5.74) is 0.372. The predicted molar refractivity (Wildman–Crippen MR) is 174 cm³/mol. The number of hydrogen-bond donors (Lipinski definition) is 0. The van der Waals surface area contributed by atoms with Gasteiger partial charge in [0.25, 0.3) is 0 Å². The minimum atomic E-state index is -2.79. The number of alkyl halides is 4. The van der Waals surface area contributed by atoms with Crippen molar-refractivity contribution in [2.75, 3.05) is 6.61 Å². The van der Waals surface area contributed by atoms with Crippen LogP contribution < -0.4 is 15.9 Å². The Hall–Kier alpha value is -3.89. The van der Waals surface area contributed by atoms with Crippen LogP contribution in [0.15, 0.2) is 133 Å². The number of benzene rings is 4. The van der Waals surface area contributed by atoms with Crippen LogP contribution >= 0.6 is 6.89 Å². The lowest BCUT2D eigenvalue weighted by Crippen LogP contribution is -2.25. The minimum absolute atomic E-state index is 0.149. The van der Waals surface area contributed by atoms with Gasteiger partial charge < -0.3 is 4.74 Å². The van der Waals surface area contributed by atoms with Gasteiger partial charge in [-0.25, -0.2) is 22.4 Å². The number of hydrogen-bond acceptors (Lipinski definition) is 2. The summed E-state index contributed by atoms with van der Waals surface area (Å²) < 4.78 is 53.2. The average Bonchev–Trinajstić information content (AvgIpc) is 3.01. The van der Waals surface area contributed by atoms with E-state index in [4.69, 9.17) is 6.30 Å². The number of carbonyl (C=O) groups excluding carboxylic acids is 1. The van der Waals surface area contributed by atoms with Crippen LogP contribution in [0.5, 0.6) is 0 Å². The molecule has 0 unspecified atom stereocenters. The van der Waals surface area contributed by atoms with Crippen molar-refractivity contribution in [1.29, 1.82) is 0 Å². The molecular formula is C36H39F4O2P. The highest BCUT2D eigenvalue weighted by atomic mass is 31.2. The Morgan fingerprint density at radius 1 is 0.698 bits per heavy atom. The highest BCUT2D eigenvalue weighted by molar-refractivity contribution is 7.93. The summed E-state index contributed by atoms with van der Waals surface area (Å²) in [6.07, 6.45) is 7.17. The number of carbonyl (C=O) groups is 1. The van der Waals surface area contributed by atoms with Gasteiger partial charge in [0.15, 0.2) is 0 Å². The van der Waals surface area contributed by atoms with Crippen molar-refractivity contribution in [2.45, 2.75) is 45.5 Å². The average molecular weight is 611 g/mol. The van der Waals surface area contributed by atoms with E-state index < -0.39 is 31.1 Å². The number of ether oxygens (including phenoxy) is 1. The lowest BCUT2D eigenvalue weighted by molar-refractivity contribution is -0.0110. The van der Waals surface area contributed by atoms with Gasteiger partial charge in [0.2, 0.25) is 11.8 Å². The first-order valence-electron chi connectivity index (χ1n) is 13.9. The fraction of sp³-hybridized carbons (Fsp3) is 0.222. The second kappa shape index (κ2) is 17.3. The number of esters is 1. The van der Waals surface area contributed by atoms with Crippen LogP contribution in [0.1, 0.15) is 44.0 Å². The number of allylic oxidation sites excluding steroid dienone is 2. The Morgan fingerprint density at radius 3 is 1.37 bits per heavy atom. The lowest BCUT2D eigenvalue weighted by Gasteiger charge is -2.26. The first-order valence-corrected chi connectivity index (χ1v) is 15.8. The maximum Gasteiger partial charge on any atom is 0.338 e. The van der Waals surface area contributed by atoms with Gasteiger partial charge in [0, 0.05) is 12.8 Å². The molecule has 0 aliphatic carbocycles. The second-order valence-electron chi connectivity index (χ2n) is 9.98. The molecule has 0 atom stereocenters. The SMILES string of the molecule is C/C=C/CC(C)(F)F.C=P(c1ccccc1)(c1ccccc1)c1ccccc1.CC(F)(F)CCOC(=O)c1ccccc1. The van der Waals surface area contributed by atoms with E-state index in [-0.39, 0.29) is 13.0 Å². The molecule has 0 saturated heterocycles. The van der Waals surface area contributed by atoms with E-state index in [1.165, 1.54) is 22.0 Å². The molecule has 0 fully saturated rings. The van der Waals surface area contributed by atoms with Gasteiger partial charge >= 0.3 is 5.97 Å². The third-order valence-electron chi connectivity index (χ3n) is 6.09. The van der Waals surface area contributed by atoms with Crippen molar-refractivity contribution in [3.05, 3.63) is 139 Å². The van der Waals surface area contributed by atoms with Crippen LogP contribution in [-0.2, 0) is 4.74 Å². The van der Waals surface area contributed by atoms with Gasteiger partial charge in [-0.05, 0) is 55.7 Å². The molecule has 0 aromatic heterocycles. The van der Waals surface area contributed by atoms with E-state index in [2.05, 4.69) is 95.7 Å². The summed E-state index contributed by atoms with van der Waals surface area (Å²) in [7, 11) is 0. The third kappa shape index (κ3) is 12.9. The molecule has 0 heterocycles. The monoisotopic (exact) mass is 610 g/mol. The molecule has 0 bridgehead atoms. The van der Waals surface area contributed by atoms with Gasteiger partial charge in [-0.15, -0.1) is 0 Å². The zero-order valence-corrected chi connectivity index (χ0v) is 25.7. The first-order chi connectivity index (χ1) is 20.4. The standard InChI is InChI=1S/C19H17P.C11H12F2O2.C6H10F2/c1-20(17-11-5-2-6-12-17,18-13-7-3-8-14-18)19-15-9-4-10-16-19;1-11(12,13)7-8-15-10(14)9-5-3-2-4-6-9;1-3-4-5-6(2,7)8/h2-16H,1H2;2-6H,7-8H2,1H3;3-4H,5H2,1-2H3/b;;4-3+. The van der Waals surface area contributed by atoms with Crippen molar-refractivity contribution < 1.29 is 27.1 Å². The van der Waals surface area contributed by atoms with Crippen molar-refractivity contribution in [2.24, 2.45) is 0 Å². The molecule has 7 heteroatoms. The molecule has 0 saturated carbocycles. The Morgan fingerprint density at radius 2 is 1.07 bits per heavy atom. The topological polar surface area (TPSA) is 26.3 Å². The molecule has 4 aromatic carbocycles. The normalized spacial score (nSPS) is 11.5. The Kier molecular flexibility index (Phi) is 14.2. The van der Waals surface area contributed by atoms with Crippen LogP contribution in [0.25, 0.3) is 0 Å². The first kappa shape index (κ1) is 35.3. The molecule has 0 radical (unpaired) electrons. The number of rotatable bonds is 9. The van der Waals surface area contributed by atoms with Crippen molar-refractivity contribution >= 4 is 35.1 Å². The largest absolute Gasteiger partial charge is 0.462 e. The molecule has 0 spiro atoms. The van der Waals surface area contributed by atoms with E-state index in [0.29, 0.717) is 5.56 Å². The summed E-state index contributed by atoms with van der Waals surface area (Å²) in [5.74, 6) is -5.90. The molecule has 2 nitrogen and oxygen atoms in total. The maximum absolute atomic E-state index is 12.4. The van der Waals surface area contributed by atoms with Crippen LogP contribution in [0, 0.1) is 0 Å². The molecule has 43 heavy (non-hydrogen) atoms. The summed E-state index contributed by atoms with van der Waals surface area (Å²) in [4.78, 5) is 11.3. The van der Waals surface area contributed by atoms with Gasteiger partial charge in [-0.3, -0.25) is 0 Å². The molecule has 0 amide bonds. The molecule has 0 N–H and O–H groups in total. The quantitative estimate of drug-likeness (QED) is 0.0819. The fourth-order valence-corrected chi connectivity index (χ4v) is 6.74. The molecular weight excluding hydrogens is 571 g/mol. The van der Waals surface area contributed by atoms with Crippen molar-refractivity contribution in [3.63, 3.8) is 0 Å². The predicted octanol–water partition coefficient (Wildman–Crippen LogP) is 8.91. The van der Waals surface area contributed by atoms with Gasteiger partial charge in [0.05, 0.1) is 12.2 Å². The highest BCUT2D eigenvalue weighted by Gasteiger charge is 2.22. The Bertz CT molecular complexity index is 1310. The second-order valence-corrected chi connectivity index (χ2v) is 13.2. The van der Waals surface area contributed by atoms with Crippen molar-refractivity contribution in [3.8, 4) is 0 Å². The minimum Gasteiger partial charge on any atom is -0.462 e. The molecule has 0 aliphatic rings.